The highest BCUT2D eigenvalue weighted by Crippen LogP contribution is 2.21. The van der Waals surface area contributed by atoms with E-state index in [1.54, 1.807) is 13.8 Å². The van der Waals surface area contributed by atoms with Gasteiger partial charge in [0.05, 0.1) is 18.1 Å². The minimum atomic E-state index is -0.953. The van der Waals surface area contributed by atoms with Gasteiger partial charge in [-0.2, -0.15) is 0 Å². The van der Waals surface area contributed by atoms with E-state index in [0.29, 0.717) is 6.42 Å². The van der Waals surface area contributed by atoms with Crippen molar-refractivity contribution in [1.82, 2.24) is 0 Å². The van der Waals surface area contributed by atoms with Crippen molar-refractivity contribution >= 4 is 5.97 Å². The third-order valence-electron chi connectivity index (χ3n) is 2.77. The SMILES string of the molecule is CC(C)C[C@H](O)[C@@H](O)C[C@H](C(=O)O)C(C)C. The topological polar surface area (TPSA) is 77.8 Å². The Balaban J connectivity index is 4.28. The second kappa shape index (κ2) is 6.86. The Bertz CT molecular complexity index is 213. The molecule has 3 atom stereocenters. The average Bonchev–Trinajstić information content (AvgIpc) is 2.11. The molecule has 0 aromatic carbocycles. The summed E-state index contributed by atoms with van der Waals surface area (Å²) in [7, 11) is 0. The Hall–Kier alpha value is -0.610. The van der Waals surface area contributed by atoms with Crippen LogP contribution in [0.3, 0.4) is 0 Å². The molecule has 0 radical (unpaired) electrons. The fraction of sp³-hybridized carbons (Fsp3) is 0.917. The molecule has 0 heterocycles. The third-order valence-corrected chi connectivity index (χ3v) is 2.77. The molecule has 16 heavy (non-hydrogen) atoms. The standard InChI is InChI=1S/C12H24O4/c1-7(2)5-10(13)11(14)6-9(8(3)4)12(15)16/h7-11,13-14H,5-6H2,1-4H3,(H,15,16)/t9-,10-,11-/m0/s1. The molecule has 0 fully saturated rings. The number of carboxylic acid groups (broad SMARTS) is 1. The molecular weight excluding hydrogens is 208 g/mol. The molecule has 0 aliphatic heterocycles. The zero-order valence-corrected chi connectivity index (χ0v) is 10.6. The molecule has 4 nitrogen and oxygen atoms in total. The zero-order chi connectivity index (χ0) is 12.9. The molecule has 96 valence electrons. The van der Waals surface area contributed by atoms with Crippen LogP contribution in [0.2, 0.25) is 0 Å². The number of aliphatic carboxylic acids is 1. The van der Waals surface area contributed by atoms with E-state index in [2.05, 4.69) is 0 Å². The van der Waals surface area contributed by atoms with E-state index in [9.17, 15) is 15.0 Å². The number of rotatable bonds is 7. The van der Waals surface area contributed by atoms with Crippen LogP contribution in [0.4, 0.5) is 0 Å². The van der Waals surface area contributed by atoms with Crippen molar-refractivity contribution in [3.05, 3.63) is 0 Å². The summed E-state index contributed by atoms with van der Waals surface area (Å²) in [5.74, 6) is -1.27. The molecule has 0 amide bonds. The van der Waals surface area contributed by atoms with Crippen LogP contribution in [0.25, 0.3) is 0 Å². The third kappa shape index (κ3) is 5.47. The molecule has 3 N–H and O–H groups in total. The molecule has 0 aliphatic carbocycles. The van der Waals surface area contributed by atoms with Crippen molar-refractivity contribution in [1.29, 1.82) is 0 Å². The Morgan fingerprint density at radius 1 is 1.00 bits per heavy atom. The maximum Gasteiger partial charge on any atom is 0.306 e. The van der Waals surface area contributed by atoms with Gasteiger partial charge in [-0.05, 0) is 24.7 Å². The second-order valence-corrected chi connectivity index (χ2v) is 5.19. The molecule has 0 bridgehead atoms. The molecular formula is C12H24O4. The normalized spacial score (nSPS) is 17.5. The summed E-state index contributed by atoms with van der Waals surface area (Å²) in [5, 5.41) is 28.3. The number of hydrogen-bond donors (Lipinski definition) is 3. The summed E-state index contributed by atoms with van der Waals surface area (Å²) in [6.07, 6.45) is -1.18. The molecule has 0 spiro atoms. The van der Waals surface area contributed by atoms with Gasteiger partial charge in [-0.1, -0.05) is 27.7 Å². The lowest BCUT2D eigenvalue weighted by atomic mass is 9.87. The van der Waals surface area contributed by atoms with Crippen molar-refractivity contribution in [2.45, 2.75) is 52.7 Å². The van der Waals surface area contributed by atoms with Crippen molar-refractivity contribution < 1.29 is 20.1 Å². The molecule has 0 aliphatic rings. The minimum Gasteiger partial charge on any atom is -0.481 e. The van der Waals surface area contributed by atoms with E-state index in [0.717, 1.165) is 0 Å². The van der Waals surface area contributed by atoms with Gasteiger partial charge in [0.25, 0.3) is 0 Å². The Morgan fingerprint density at radius 3 is 1.75 bits per heavy atom. The van der Waals surface area contributed by atoms with Crippen molar-refractivity contribution in [2.75, 3.05) is 0 Å². The van der Waals surface area contributed by atoms with E-state index in [-0.39, 0.29) is 18.3 Å². The maximum absolute atomic E-state index is 10.9. The van der Waals surface area contributed by atoms with Gasteiger partial charge in [-0.15, -0.1) is 0 Å². The predicted octanol–water partition coefficient (Wildman–Crippen LogP) is 1.50. The smallest absolute Gasteiger partial charge is 0.306 e. The Morgan fingerprint density at radius 2 is 1.44 bits per heavy atom. The first-order chi connectivity index (χ1) is 7.25. The van der Waals surface area contributed by atoms with Crippen LogP contribution in [-0.2, 0) is 4.79 Å². The first kappa shape index (κ1) is 15.4. The van der Waals surface area contributed by atoms with Gasteiger partial charge in [-0.25, -0.2) is 0 Å². The molecule has 0 unspecified atom stereocenters. The molecule has 0 aromatic heterocycles. The van der Waals surface area contributed by atoms with E-state index in [1.807, 2.05) is 13.8 Å². The number of aliphatic hydroxyl groups is 2. The van der Waals surface area contributed by atoms with Crippen LogP contribution >= 0.6 is 0 Å². The fourth-order valence-corrected chi connectivity index (χ4v) is 1.72. The summed E-state index contributed by atoms with van der Waals surface area (Å²) in [5.41, 5.74) is 0. The molecule has 0 saturated heterocycles. The summed E-state index contributed by atoms with van der Waals surface area (Å²) >= 11 is 0. The fourth-order valence-electron chi connectivity index (χ4n) is 1.72. The van der Waals surface area contributed by atoms with Crippen molar-refractivity contribution in [2.24, 2.45) is 17.8 Å². The van der Waals surface area contributed by atoms with Crippen LogP contribution in [-0.4, -0.2) is 33.5 Å². The van der Waals surface area contributed by atoms with Crippen LogP contribution in [0.1, 0.15) is 40.5 Å². The van der Waals surface area contributed by atoms with Crippen LogP contribution < -0.4 is 0 Å². The number of hydrogen-bond acceptors (Lipinski definition) is 3. The summed E-state index contributed by atoms with van der Waals surface area (Å²) in [4.78, 5) is 10.9. The van der Waals surface area contributed by atoms with E-state index in [1.165, 1.54) is 0 Å². The lowest BCUT2D eigenvalue weighted by Crippen LogP contribution is -2.33. The van der Waals surface area contributed by atoms with Crippen LogP contribution in [0.5, 0.6) is 0 Å². The summed E-state index contributed by atoms with van der Waals surface area (Å²) in [6.45, 7) is 7.51. The number of aliphatic hydroxyl groups excluding tert-OH is 2. The highest BCUT2D eigenvalue weighted by Gasteiger charge is 2.28. The van der Waals surface area contributed by atoms with Crippen molar-refractivity contribution in [3.8, 4) is 0 Å². The van der Waals surface area contributed by atoms with E-state index < -0.39 is 24.1 Å². The van der Waals surface area contributed by atoms with Crippen molar-refractivity contribution in [3.63, 3.8) is 0 Å². The molecule has 4 heteroatoms. The second-order valence-electron chi connectivity index (χ2n) is 5.19. The first-order valence-electron chi connectivity index (χ1n) is 5.84. The van der Waals surface area contributed by atoms with Crippen LogP contribution in [0, 0.1) is 17.8 Å². The highest BCUT2D eigenvalue weighted by atomic mass is 16.4. The van der Waals surface area contributed by atoms with Gasteiger partial charge in [0, 0.05) is 0 Å². The van der Waals surface area contributed by atoms with Crippen LogP contribution in [0.15, 0.2) is 0 Å². The van der Waals surface area contributed by atoms with E-state index in [4.69, 9.17) is 5.11 Å². The van der Waals surface area contributed by atoms with Gasteiger partial charge >= 0.3 is 5.97 Å². The molecule has 0 saturated carbocycles. The first-order valence-corrected chi connectivity index (χ1v) is 5.84. The van der Waals surface area contributed by atoms with Gasteiger partial charge in [0.15, 0.2) is 0 Å². The van der Waals surface area contributed by atoms with Gasteiger partial charge < -0.3 is 15.3 Å². The van der Waals surface area contributed by atoms with Gasteiger partial charge in [0.1, 0.15) is 0 Å². The molecule has 0 rings (SSSR count). The average molecular weight is 232 g/mol. The lowest BCUT2D eigenvalue weighted by Gasteiger charge is -2.24. The zero-order valence-electron chi connectivity index (χ0n) is 10.6. The maximum atomic E-state index is 10.9. The monoisotopic (exact) mass is 232 g/mol. The lowest BCUT2D eigenvalue weighted by molar-refractivity contribution is -0.145. The quantitative estimate of drug-likeness (QED) is 0.621. The number of carbonyl (C=O) groups is 1. The van der Waals surface area contributed by atoms with Gasteiger partial charge in [0.2, 0.25) is 0 Å². The molecule has 0 aromatic rings. The summed E-state index contributed by atoms with van der Waals surface area (Å²) in [6, 6.07) is 0. The highest BCUT2D eigenvalue weighted by molar-refractivity contribution is 5.70. The Labute approximate surface area is 97.3 Å². The largest absolute Gasteiger partial charge is 0.481 e. The predicted molar refractivity (Wildman–Crippen MR) is 62.0 cm³/mol. The van der Waals surface area contributed by atoms with E-state index >= 15 is 0 Å². The van der Waals surface area contributed by atoms with Gasteiger partial charge in [-0.3, -0.25) is 4.79 Å². The minimum absolute atomic E-state index is 0.0431. The Kier molecular flexibility index (Phi) is 6.60. The summed E-state index contributed by atoms with van der Waals surface area (Å²) < 4.78 is 0. The number of carboxylic acids is 1.